The van der Waals surface area contributed by atoms with Gasteiger partial charge in [0.2, 0.25) is 5.91 Å². The summed E-state index contributed by atoms with van der Waals surface area (Å²) in [6.45, 7) is 1.43. The Labute approximate surface area is 94.8 Å². The number of hydrogen-bond acceptors (Lipinski definition) is 3. The number of carboxylic acids is 1. The van der Waals surface area contributed by atoms with E-state index in [1.807, 2.05) is 4.90 Å². The number of carboxylic acid groups (broad SMARTS) is 1. The number of nitrogens with one attached hydrogen (secondary N) is 1. The molecule has 1 heterocycles. The van der Waals surface area contributed by atoms with Crippen LogP contribution in [0.3, 0.4) is 0 Å². The molecule has 0 spiro atoms. The summed E-state index contributed by atoms with van der Waals surface area (Å²) in [6.07, 6.45) is 3.99. The van der Waals surface area contributed by atoms with Crippen molar-refractivity contribution in [1.82, 2.24) is 10.2 Å². The summed E-state index contributed by atoms with van der Waals surface area (Å²) < 4.78 is 0. The maximum atomic E-state index is 11.8. The van der Waals surface area contributed by atoms with Crippen LogP contribution in [0.4, 0.5) is 0 Å². The van der Waals surface area contributed by atoms with Crippen LogP contribution < -0.4 is 5.32 Å². The standard InChI is InChI=1S/C11H18N2O3/c14-10(15)7-13-5-1-2-8(6-13)11(16)12-9-3-4-9/h8-9H,1-7H2,(H,12,16)(H,14,15). The van der Waals surface area contributed by atoms with Crippen molar-refractivity contribution in [2.45, 2.75) is 31.7 Å². The molecule has 2 rings (SSSR count). The molecule has 0 bridgehead atoms. The lowest BCUT2D eigenvalue weighted by atomic mass is 9.97. The lowest BCUT2D eigenvalue weighted by molar-refractivity contribution is -0.139. The van der Waals surface area contributed by atoms with Crippen LogP contribution >= 0.6 is 0 Å². The minimum absolute atomic E-state index is 0.0197. The average molecular weight is 226 g/mol. The topological polar surface area (TPSA) is 69.6 Å². The first kappa shape index (κ1) is 11.4. The molecule has 1 unspecified atom stereocenters. The van der Waals surface area contributed by atoms with E-state index in [1.165, 1.54) is 0 Å². The third-order valence-electron chi connectivity index (χ3n) is 3.16. The maximum absolute atomic E-state index is 11.8. The van der Waals surface area contributed by atoms with Crippen molar-refractivity contribution < 1.29 is 14.7 Å². The largest absolute Gasteiger partial charge is 0.480 e. The van der Waals surface area contributed by atoms with Gasteiger partial charge < -0.3 is 10.4 Å². The molecular weight excluding hydrogens is 208 g/mol. The van der Waals surface area contributed by atoms with E-state index in [9.17, 15) is 9.59 Å². The molecule has 1 amide bonds. The van der Waals surface area contributed by atoms with Gasteiger partial charge in [0.25, 0.3) is 0 Å². The van der Waals surface area contributed by atoms with Crippen LogP contribution in [-0.4, -0.2) is 47.6 Å². The molecule has 1 atom stereocenters. The lowest BCUT2D eigenvalue weighted by Gasteiger charge is -2.30. The van der Waals surface area contributed by atoms with Gasteiger partial charge in [0, 0.05) is 12.6 Å². The molecule has 1 saturated carbocycles. The van der Waals surface area contributed by atoms with Crippen LogP contribution in [0.25, 0.3) is 0 Å². The molecule has 90 valence electrons. The Morgan fingerprint density at radius 2 is 2.06 bits per heavy atom. The first-order valence-corrected chi connectivity index (χ1v) is 5.89. The quantitative estimate of drug-likeness (QED) is 0.711. The summed E-state index contributed by atoms with van der Waals surface area (Å²) >= 11 is 0. The highest BCUT2D eigenvalue weighted by molar-refractivity contribution is 5.79. The monoisotopic (exact) mass is 226 g/mol. The Kier molecular flexibility index (Phi) is 3.43. The van der Waals surface area contributed by atoms with Gasteiger partial charge in [0.1, 0.15) is 0 Å². The van der Waals surface area contributed by atoms with Crippen LogP contribution in [0.15, 0.2) is 0 Å². The fourth-order valence-electron chi connectivity index (χ4n) is 2.15. The molecule has 2 aliphatic rings. The summed E-state index contributed by atoms with van der Waals surface area (Å²) in [4.78, 5) is 24.2. The highest BCUT2D eigenvalue weighted by Gasteiger charge is 2.30. The zero-order valence-corrected chi connectivity index (χ0v) is 9.32. The Morgan fingerprint density at radius 1 is 1.31 bits per heavy atom. The van der Waals surface area contributed by atoms with Crippen LogP contribution in [0.5, 0.6) is 0 Å². The van der Waals surface area contributed by atoms with Gasteiger partial charge in [-0.3, -0.25) is 14.5 Å². The zero-order chi connectivity index (χ0) is 11.5. The van der Waals surface area contributed by atoms with E-state index in [2.05, 4.69) is 5.32 Å². The molecular formula is C11H18N2O3. The van der Waals surface area contributed by atoms with Gasteiger partial charge in [0.15, 0.2) is 0 Å². The third-order valence-corrected chi connectivity index (χ3v) is 3.16. The van der Waals surface area contributed by atoms with Crippen molar-refractivity contribution in [2.75, 3.05) is 19.6 Å². The van der Waals surface area contributed by atoms with E-state index in [4.69, 9.17) is 5.11 Å². The van der Waals surface area contributed by atoms with Crippen molar-refractivity contribution >= 4 is 11.9 Å². The lowest BCUT2D eigenvalue weighted by Crippen LogP contribution is -2.45. The minimum atomic E-state index is -0.816. The van der Waals surface area contributed by atoms with Crippen molar-refractivity contribution in [3.63, 3.8) is 0 Å². The van der Waals surface area contributed by atoms with Crippen molar-refractivity contribution in [3.8, 4) is 0 Å². The second-order valence-electron chi connectivity index (χ2n) is 4.75. The maximum Gasteiger partial charge on any atom is 0.317 e. The molecule has 1 aliphatic heterocycles. The first-order chi connectivity index (χ1) is 7.65. The zero-order valence-electron chi connectivity index (χ0n) is 9.32. The number of amides is 1. The van der Waals surface area contributed by atoms with E-state index >= 15 is 0 Å². The molecule has 0 radical (unpaired) electrons. The summed E-state index contributed by atoms with van der Waals surface area (Å²) in [5, 5.41) is 11.7. The van der Waals surface area contributed by atoms with Crippen molar-refractivity contribution in [1.29, 1.82) is 0 Å². The van der Waals surface area contributed by atoms with Gasteiger partial charge in [-0.15, -0.1) is 0 Å². The summed E-state index contributed by atoms with van der Waals surface area (Å²) in [7, 11) is 0. The van der Waals surface area contributed by atoms with E-state index in [0.717, 1.165) is 32.2 Å². The van der Waals surface area contributed by atoms with Crippen LogP contribution in [0.2, 0.25) is 0 Å². The molecule has 5 nitrogen and oxygen atoms in total. The van der Waals surface area contributed by atoms with Gasteiger partial charge >= 0.3 is 5.97 Å². The number of aliphatic carboxylic acids is 1. The number of carbonyl (C=O) groups is 2. The summed E-state index contributed by atoms with van der Waals surface area (Å²) in [5.74, 6) is -0.727. The molecule has 16 heavy (non-hydrogen) atoms. The Hall–Kier alpha value is -1.10. The fraction of sp³-hybridized carbons (Fsp3) is 0.818. The van der Waals surface area contributed by atoms with Crippen molar-refractivity contribution in [2.24, 2.45) is 5.92 Å². The van der Waals surface area contributed by atoms with Gasteiger partial charge in [-0.05, 0) is 32.2 Å². The van der Waals surface area contributed by atoms with Crippen LogP contribution in [0, 0.1) is 5.92 Å². The molecule has 1 aliphatic carbocycles. The molecule has 0 aromatic heterocycles. The molecule has 2 fully saturated rings. The van der Waals surface area contributed by atoms with Gasteiger partial charge in [-0.25, -0.2) is 0 Å². The van der Waals surface area contributed by atoms with Crippen molar-refractivity contribution in [3.05, 3.63) is 0 Å². The number of rotatable bonds is 4. The Balaban J connectivity index is 1.80. The predicted octanol–water partition coefficient (Wildman–Crippen LogP) is 0.0616. The van der Waals surface area contributed by atoms with E-state index in [0.29, 0.717) is 12.6 Å². The Bertz CT molecular complexity index is 289. The molecule has 2 N–H and O–H groups in total. The van der Waals surface area contributed by atoms with E-state index < -0.39 is 5.97 Å². The predicted molar refractivity (Wildman–Crippen MR) is 58.0 cm³/mol. The smallest absolute Gasteiger partial charge is 0.317 e. The normalized spacial score (nSPS) is 26.4. The van der Waals surface area contributed by atoms with Gasteiger partial charge in [0.05, 0.1) is 12.5 Å². The van der Waals surface area contributed by atoms with Gasteiger partial charge in [-0.2, -0.15) is 0 Å². The van der Waals surface area contributed by atoms with Crippen LogP contribution in [0.1, 0.15) is 25.7 Å². The number of hydrogen-bond donors (Lipinski definition) is 2. The second kappa shape index (κ2) is 4.82. The van der Waals surface area contributed by atoms with Gasteiger partial charge in [-0.1, -0.05) is 0 Å². The average Bonchev–Trinajstić information content (AvgIpc) is 3.01. The number of carbonyl (C=O) groups excluding carboxylic acids is 1. The first-order valence-electron chi connectivity index (χ1n) is 5.89. The number of likely N-dealkylation sites (tertiary alicyclic amines) is 1. The Morgan fingerprint density at radius 3 is 2.69 bits per heavy atom. The summed E-state index contributed by atoms with van der Waals surface area (Å²) in [5.41, 5.74) is 0. The van der Waals surface area contributed by atoms with Crippen LogP contribution in [-0.2, 0) is 9.59 Å². The van der Waals surface area contributed by atoms with E-state index in [-0.39, 0.29) is 18.4 Å². The SMILES string of the molecule is O=C(O)CN1CCCC(C(=O)NC2CC2)C1. The highest BCUT2D eigenvalue weighted by atomic mass is 16.4. The fourth-order valence-corrected chi connectivity index (χ4v) is 2.15. The third kappa shape index (κ3) is 3.20. The summed E-state index contributed by atoms with van der Waals surface area (Å²) in [6, 6.07) is 0.391. The molecule has 0 aromatic carbocycles. The number of piperidine rings is 1. The second-order valence-corrected chi connectivity index (χ2v) is 4.75. The molecule has 5 heteroatoms. The van der Waals surface area contributed by atoms with E-state index in [1.54, 1.807) is 0 Å². The highest BCUT2D eigenvalue weighted by Crippen LogP contribution is 2.22. The molecule has 1 saturated heterocycles. The molecule has 0 aromatic rings. The minimum Gasteiger partial charge on any atom is -0.480 e. The number of nitrogens with zero attached hydrogens (tertiary/aromatic N) is 1.